The van der Waals surface area contributed by atoms with E-state index in [1.54, 1.807) is 0 Å². The van der Waals surface area contributed by atoms with Gasteiger partial charge in [0.05, 0.1) is 0 Å². The van der Waals surface area contributed by atoms with Gasteiger partial charge in [-0.25, -0.2) is 0 Å². The molecule has 0 amide bonds. The molecule has 0 aromatic heterocycles. The van der Waals surface area contributed by atoms with Gasteiger partial charge in [0.2, 0.25) is 6.79 Å². The van der Waals surface area contributed by atoms with Crippen LogP contribution in [0.4, 0.5) is 5.69 Å². The van der Waals surface area contributed by atoms with E-state index in [-0.39, 0.29) is 0 Å². The van der Waals surface area contributed by atoms with E-state index >= 15 is 0 Å². The van der Waals surface area contributed by atoms with Gasteiger partial charge >= 0.3 is 0 Å². The summed E-state index contributed by atoms with van der Waals surface area (Å²) in [4.78, 5) is 0. The van der Waals surface area contributed by atoms with Crippen LogP contribution in [0.2, 0.25) is 0 Å². The molecule has 0 spiro atoms. The Morgan fingerprint density at radius 3 is 2.61 bits per heavy atom. The zero-order valence-electron chi connectivity index (χ0n) is 10.6. The molecule has 1 saturated carbocycles. The second-order valence-electron chi connectivity index (χ2n) is 5.12. The normalized spacial score (nSPS) is 19.1. The molecule has 2 aliphatic rings. The molecule has 1 aliphatic heterocycles. The van der Waals surface area contributed by atoms with Crippen LogP contribution < -0.4 is 20.5 Å². The Labute approximate surface area is 107 Å². The van der Waals surface area contributed by atoms with Gasteiger partial charge in [0.25, 0.3) is 0 Å². The molecule has 3 rings (SSSR count). The molecule has 0 saturated heterocycles. The first-order valence-corrected chi connectivity index (χ1v) is 6.74. The first-order chi connectivity index (χ1) is 8.83. The lowest BCUT2D eigenvalue weighted by Gasteiger charge is -2.23. The number of hydrogen-bond acceptors (Lipinski definition) is 4. The number of anilines is 1. The first kappa shape index (κ1) is 11.7. The van der Waals surface area contributed by atoms with Crippen LogP contribution in [-0.2, 0) is 6.54 Å². The monoisotopic (exact) mass is 248 g/mol. The maximum Gasteiger partial charge on any atom is 0.231 e. The fourth-order valence-corrected chi connectivity index (χ4v) is 2.71. The van der Waals surface area contributed by atoms with Gasteiger partial charge in [-0.05, 0) is 24.5 Å². The van der Waals surface area contributed by atoms with Gasteiger partial charge in [-0.15, -0.1) is 0 Å². The summed E-state index contributed by atoms with van der Waals surface area (Å²) in [7, 11) is 0. The number of ether oxygens (including phenoxy) is 2. The van der Waals surface area contributed by atoms with Gasteiger partial charge in [0.1, 0.15) is 0 Å². The molecule has 0 unspecified atom stereocenters. The van der Waals surface area contributed by atoms with Crippen molar-refractivity contribution in [2.75, 3.05) is 12.5 Å². The molecule has 1 aromatic rings. The molecule has 3 N–H and O–H groups in total. The molecule has 0 bridgehead atoms. The highest BCUT2D eigenvalue weighted by Gasteiger charge is 2.17. The van der Waals surface area contributed by atoms with Crippen LogP contribution in [0.3, 0.4) is 0 Å². The number of rotatable bonds is 3. The number of fused-ring (bicyclic) bond motifs is 1. The topological polar surface area (TPSA) is 56.5 Å². The fraction of sp³-hybridized carbons (Fsp3) is 0.571. The van der Waals surface area contributed by atoms with Crippen LogP contribution in [0, 0.1) is 0 Å². The van der Waals surface area contributed by atoms with E-state index in [2.05, 4.69) is 5.32 Å². The third kappa shape index (κ3) is 2.38. The molecular weight excluding hydrogens is 228 g/mol. The predicted molar refractivity (Wildman–Crippen MR) is 70.7 cm³/mol. The Kier molecular flexibility index (Phi) is 3.28. The molecule has 0 atom stereocenters. The molecule has 98 valence electrons. The lowest BCUT2D eigenvalue weighted by atomic mass is 9.95. The van der Waals surface area contributed by atoms with Crippen molar-refractivity contribution in [3.63, 3.8) is 0 Å². The third-order valence-corrected chi connectivity index (χ3v) is 3.82. The number of hydrogen-bond donors (Lipinski definition) is 2. The van der Waals surface area contributed by atoms with E-state index in [0.717, 1.165) is 29.3 Å². The van der Waals surface area contributed by atoms with Crippen LogP contribution in [0.5, 0.6) is 11.5 Å². The van der Waals surface area contributed by atoms with E-state index in [0.29, 0.717) is 12.8 Å². The molecule has 4 heteroatoms. The summed E-state index contributed by atoms with van der Waals surface area (Å²) in [5.41, 5.74) is 7.92. The first-order valence-electron chi connectivity index (χ1n) is 6.74. The minimum Gasteiger partial charge on any atom is -0.454 e. The van der Waals surface area contributed by atoms with Crippen molar-refractivity contribution in [1.82, 2.24) is 5.32 Å². The Balaban J connectivity index is 1.65. The average Bonchev–Trinajstić information content (AvgIpc) is 2.84. The zero-order valence-corrected chi connectivity index (χ0v) is 10.6. The predicted octanol–water partition coefficient (Wildman–Crippen LogP) is 2.42. The van der Waals surface area contributed by atoms with E-state index in [4.69, 9.17) is 15.2 Å². The van der Waals surface area contributed by atoms with Crippen LogP contribution >= 0.6 is 0 Å². The third-order valence-electron chi connectivity index (χ3n) is 3.82. The Bertz CT molecular complexity index is 428. The highest BCUT2D eigenvalue weighted by atomic mass is 16.7. The quantitative estimate of drug-likeness (QED) is 0.807. The number of nitrogens with one attached hydrogen (secondary N) is 1. The molecule has 1 heterocycles. The maximum atomic E-state index is 6.03. The summed E-state index contributed by atoms with van der Waals surface area (Å²) >= 11 is 0. The Morgan fingerprint density at radius 2 is 1.83 bits per heavy atom. The second kappa shape index (κ2) is 5.06. The van der Waals surface area contributed by atoms with Gasteiger partial charge in [-0.3, -0.25) is 0 Å². The second-order valence-corrected chi connectivity index (χ2v) is 5.12. The SMILES string of the molecule is Nc1cc2c(cc1CNC1CCCCC1)OCO2. The van der Waals surface area contributed by atoms with Crippen molar-refractivity contribution in [2.45, 2.75) is 44.7 Å². The standard InChI is InChI=1S/C14H20N2O2/c15-12-7-14-13(17-9-18-14)6-10(12)8-16-11-4-2-1-3-5-11/h6-7,11,16H,1-5,8-9,15H2. The van der Waals surface area contributed by atoms with Gasteiger partial charge in [-0.2, -0.15) is 0 Å². The fourth-order valence-electron chi connectivity index (χ4n) is 2.71. The van der Waals surface area contributed by atoms with Crippen molar-refractivity contribution in [3.05, 3.63) is 17.7 Å². The molecule has 18 heavy (non-hydrogen) atoms. The molecule has 4 nitrogen and oxygen atoms in total. The van der Waals surface area contributed by atoms with Crippen LogP contribution in [0.15, 0.2) is 12.1 Å². The molecule has 1 aromatic carbocycles. The summed E-state index contributed by atoms with van der Waals surface area (Å²) in [5, 5.41) is 3.59. The lowest BCUT2D eigenvalue weighted by Crippen LogP contribution is -2.30. The number of benzene rings is 1. The van der Waals surface area contributed by atoms with Crippen molar-refractivity contribution >= 4 is 5.69 Å². The van der Waals surface area contributed by atoms with Gasteiger partial charge in [-0.1, -0.05) is 19.3 Å². The van der Waals surface area contributed by atoms with Crippen LogP contribution in [0.1, 0.15) is 37.7 Å². The van der Waals surface area contributed by atoms with Crippen molar-refractivity contribution in [1.29, 1.82) is 0 Å². The van der Waals surface area contributed by atoms with Crippen LogP contribution in [0.25, 0.3) is 0 Å². The van der Waals surface area contributed by atoms with Gasteiger partial charge < -0.3 is 20.5 Å². The van der Waals surface area contributed by atoms with Crippen molar-refractivity contribution < 1.29 is 9.47 Å². The summed E-state index contributed by atoms with van der Waals surface area (Å²) in [6.45, 7) is 1.11. The largest absolute Gasteiger partial charge is 0.454 e. The van der Waals surface area contributed by atoms with Crippen molar-refractivity contribution in [3.8, 4) is 11.5 Å². The molecule has 1 fully saturated rings. The smallest absolute Gasteiger partial charge is 0.231 e. The van der Waals surface area contributed by atoms with Crippen molar-refractivity contribution in [2.24, 2.45) is 0 Å². The Hall–Kier alpha value is -1.42. The molecular formula is C14H20N2O2. The van der Waals surface area contributed by atoms with Crippen LogP contribution in [-0.4, -0.2) is 12.8 Å². The highest BCUT2D eigenvalue weighted by Crippen LogP contribution is 2.36. The lowest BCUT2D eigenvalue weighted by molar-refractivity contribution is 0.174. The minimum absolute atomic E-state index is 0.300. The highest BCUT2D eigenvalue weighted by molar-refractivity contribution is 5.58. The van der Waals surface area contributed by atoms with E-state index < -0.39 is 0 Å². The Morgan fingerprint density at radius 1 is 1.11 bits per heavy atom. The van der Waals surface area contributed by atoms with E-state index in [1.807, 2.05) is 12.1 Å². The average molecular weight is 248 g/mol. The number of nitrogen functional groups attached to an aromatic ring is 1. The summed E-state index contributed by atoms with van der Waals surface area (Å²) in [6, 6.07) is 4.50. The number of nitrogens with two attached hydrogens (primary N) is 1. The summed E-state index contributed by atoms with van der Waals surface area (Å²) in [5.74, 6) is 1.57. The minimum atomic E-state index is 0.300. The van der Waals surface area contributed by atoms with E-state index in [1.165, 1.54) is 32.1 Å². The van der Waals surface area contributed by atoms with Gasteiger partial charge in [0.15, 0.2) is 11.5 Å². The maximum absolute atomic E-state index is 6.03. The summed E-state index contributed by atoms with van der Waals surface area (Å²) in [6.07, 6.45) is 6.63. The van der Waals surface area contributed by atoms with Gasteiger partial charge in [0, 0.05) is 24.3 Å². The summed E-state index contributed by atoms with van der Waals surface area (Å²) < 4.78 is 10.7. The molecule has 0 radical (unpaired) electrons. The molecule has 1 aliphatic carbocycles. The van der Waals surface area contributed by atoms with E-state index in [9.17, 15) is 0 Å². The zero-order chi connectivity index (χ0) is 12.4.